The molecule has 4 heterocycles. The van der Waals surface area contributed by atoms with Gasteiger partial charge in [0.05, 0.1) is 16.6 Å². The van der Waals surface area contributed by atoms with Gasteiger partial charge in [0.15, 0.2) is 17.5 Å². The van der Waals surface area contributed by atoms with Crippen molar-refractivity contribution in [3.8, 4) is 84.4 Å². The highest BCUT2D eigenvalue weighted by Gasteiger charge is 2.20. The first-order valence-corrected chi connectivity index (χ1v) is 25.2. The fraction of sp³-hybridized carbons (Fsp3) is 0. The van der Waals surface area contributed by atoms with Crippen LogP contribution in [-0.4, -0.2) is 19.5 Å². The second-order valence-corrected chi connectivity index (χ2v) is 19.1. The minimum atomic E-state index is 0.548. The summed E-state index contributed by atoms with van der Waals surface area (Å²) in [7, 11) is 0. The van der Waals surface area contributed by atoms with Gasteiger partial charge in [-0.05, 0) is 117 Å². The Morgan fingerprint density at radius 1 is 0.253 bits per heavy atom. The third kappa shape index (κ3) is 7.30. The molecule has 0 amide bonds. The number of benzene rings is 11. The van der Waals surface area contributed by atoms with E-state index in [1.807, 2.05) is 42.5 Å². The molecule has 15 rings (SSSR count). The van der Waals surface area contributed by atoms with Gasteiger partial charge in [0.2, 0.25) is 0 Å². The van der Waals surface area contributed by atoms with Gasteiger partial charge in [0.25, 0.3) is 0 Å². The first kappa shape index (κ1) is 42.5. The number of hydrogen-bond acceptors (Lipinski definition) is 5. The van der Waals surface area contributed by atoms with Crippen LogP contribution in [-0.2, 0) is 0 Å². The molecule has 15 aromatic rings. The van der Waals surface area contributed by atoms with E-state index in [2.05, 4.69) is 217 Å². The Bertz CT molecular complexity index is 4690. The largest absolute Gasteiger partial charge is 0.456 e. The Labute approximate surface area is 431 Å². The fourth-order valence-electron chi connectivity index (χ4n) is 11.0. The van der Waals surface area contributed by atoms with Gasteiger partial charge in [-0.15, -0.1) is 0 Å². The average Bonchev–Trinajstić information content (AvgIpc) is 4.17. The minimum Gasteiger partial charge on any atom is -0.456 e. The molecular formula is C69H42N4O2. The number of fused-ring (bicyclic) bond motifs is 9. The van der Waals surface area contributed by atoms with Crippen molar-refractivity contribution in [2.75, 3.05) is 0 Å². The van der Waals surface area contributed by atoms with Gasteiger partial charge in [-0.2, -0.15) is 0 Å². The molecule has 6 heteroatoms. The Kier molecular flexibility index (Phi) is 9.78. The van der Waals surface area contributed by atoms with Crippen molar-refractivity contribution in [3.05, 3.63) is 255 Å². The van der Waals surface area contributed by atoms with E-state index >= 15 is 0 Å². The van der Waals surface area contributed by atoms with Crippen LogP contribution in [0, 0.1) is 0 Å². The van der Waals surface area contributed by atoms with Crippen LogP contribution in [0.4, 0.5) is 0 Å². The van der Waals surface area contributed by atoms with E-state index in [1.165, 1.54) is 32.9 Å². The van der Waals surface area contributed by atoms with E-state index in [0.717, 1.165) is 99.6 Å². The zero-order chi connectivity index (χ0) is 49.4. The molecule has 0 N–H and O–H groups in total. The standard InChI is InChI=1S/C69H42N4O2/c1-4-14-43(15-5-1)45-26-28-47(29-27-45)68-70-67(46-18-8-3-9-19-46)71-69(72-68)56-24-13-23-55-58-40-51(32-36-65(58)75-66(55)56)48-20-12-21-49(38-48)52-31-35-63-59(41-52)60-42-53(33-37-64(60)74-63)73-61-25-11-10-22-54(61)57-39-50(30-34-62(57)73)44-16-6-2-7-17-44/h1-42H. The van der Waals surface area contributed by atoms with Crippen LogP contribution in [0.25, 0.3) is 150 Å². The zero-order valence-corrected chi connectivity index (χ0v) is 40.4. The summed E-state index contributed by atoms with van der Waals surface area (Å²) in [5.41, 5.74) is 18.4. The van der Waals surface area contributed by atoms with Crippen LogP contribution in [0.3, 0.4) is 0 Å². The normalized spacial score (nSPS) is 11.7. The van der Waals surface area contributed by atoms with Gasteiger partial charge in [0.1, 0.15) is 22.3 Å². The maximum absolute atomic E-state index is 6.73. The predicted octanol–water partition coefficient (Wildman–Crippen LogP) is 18.4. The van der Waals surface area contributed by atoms with Crippen molar-refractivity contribution in [1.29, 1.82) is 0 Å². The maximum atomic E-state index is 6.73. The average molecular weight is 959 g/mol. The van der Waals surface area contributed by atoms with E-state index in [9.17, 15) is 0 Å². The number of rotatable bonds is 8. The van der Waals surface area contributed by atoms with Crippen LogP contribution >= 0.6 is 0 Å². The lowest BCUT2D eigenvalue weighted by molar-refractivity contribution is 0.668. The van der Waals surface area contributed by atoms with Gasteiger partial charge in [0, 0.05) is 49.1 Å². The lowest BCUT2D eigenvalue weighted by Crippen LogP contribution is -2.00. The fourth-order valence-corrected chi connectivity index (χ4v) is 11.0. The van der Waals surface area contributed by atoms with Crippen LogP contribution in [0.15, 0.2) is 264 Å². The molecule has 6 nitrogen and oxygen atoms in total. The number of para-hydroxylation sites is 2. The quantitative estimate of drug-likeness (QED) is 0.152. The molecule has 0 atom stereocenters. The summed E-state index contributed by atoms with van der Waals surface area (Å²) in [4.78, 5) is 15.2. The molecule has 350 valence electrons. The second-order valence-electron chi connectivity index (χ2n) is 19.1. The molecule has 0 saturated heterocycles. The van der Waals surface area contributed by atoms with Crippen LogP contribution < -0.4 is 0 Å². The number of hydrogen-bond donors (Lipinski definition) is 0. The Balaban J connectivity index is 0.784. The highest BCUT2D eigenvalue weighted by Crippen LogP contribution is 2.41. The van der Waals surface area contributed by atoms with Crippen molar-refractivity contribution < 1.29 is 8.83 Å². The van der Waals surface area contributed by atoms with Crippen molar-refractivity contribution in [2.45, 2.75) is 0 Å². The Morgan fingerprint density at radius 3 is 1.39 bits per heavy atom. The molecule has 0 aliphatic carbocycles. The molecule has 0 unspecified atom stereocenters. The molecule has 0 radical (unpaired) electrons. The molecule has 0 spiro atoms. The monoisotopic (exact) mass is 958 g/mol. The first-order chi connectivity index (χ1) is 37.1. The summed E-state index contributed by atoms with van der Waals surface area (Å²) in [5, 5.41) is 6.61. The van der Waals surface area contributed by atoms with E-state index < -0.39 is 0 Å². The van der Waals surface area contributed by atoms with Crippen molar-refractivity contribution in [3.63, 3.8) is 0 Å². The lowest BCUT2D eigenvalue weighted by Gasteiger charge is -2.09. The number of nitrogens with zero attached hydrogens (tertiary/aromatic N) is 4. The molecule has 75 heavy (non-hydrogen) atoms. The smallest absolute Gasteiger partial charge is 0.167 e. The Morgan fingerprint density at radius 2 is 0.680 bits per heavy atom. The summed E-state index contributed by atoms with van der Waals surface area (Å²) in [6.07, 6.45) is 0. The molecule has 0 aliphatic rings. The van der Waals surface area contributed by atoms with Crippen molar-refractivity contribution in [2.24, 2.45) is 0 Å². The summed E-state index contributed by atoms with van der Waals surface area (Å²) in [6, 6.07) is 89.5. The van der Waals surface area contributed by atoms with Gasteiger partial charge in [-0.25, -0.2) is 15.0 Å². The maximum Gasteiger partial charge on any atom is 0.167 e. The van der Waals surface area contributed by atoms with Gasteiger partial charge in [-0.3, -0.25) is 0 Å². The van der Waals surface area contributed by atoms with Crippen LogP contribution in [0.1, 0.15) is 0 Å². The minimum absolute atomic E-state index is 0.548. The SMILES string of the molecule is c1ccc(-c2ccc(-c3nc(-c4ccccc4)nc(-c4cccc5c4oc4ccc(-c6cccc(-c7ccc8oc9ccc(-n%10c%11ccccc%11c%11cc(-c%12ccccc%12)ccc%11%10)cc9c8c7)c6)cc45)n3)cc2)cc1. The number of furan rings is 2. The van der Waals surface area contributed by atoms with Gasteiger partial charge in [-0.1, -0.05) is 182 Å². The Hall–Kier alpha value is -10.2. The lowest BCUT2D eigenvalue weighted by atomic mass is 9.97. The summed E-state index contributed by atoms with van der Waals surface area (Å²) >= 11 is 0. The number of aromatic nitrogens is 4. The molecule has 11 aromatic carbocycles. The van der Waals surface area contributed by atoms with E-state index in [1.54, 1.807) is 0 Å². The van der Waals surface area contributed by atoms with Crippen molar-refractivity contribution in [1.82, 2.24) is 19.5 Å². The van der Waals surface area contributed by atoms with Crippen LogP contribution in [0.5, 0.6) is 0 Å². The van der Waals surface area contributed by atoms with Crippen LogP contribution in [0.2, 0.25) is 0 Å². The zero-order valence-electron chi connectivity index (χ0n) is 40.4. The molecule has 0 fully saturated rings. The van der Waals surface area contributed by atoms with E-state index in [-0.39, 0.29) is 0 Å². The highest BCUT2D eigenvalue weighted by molar-refractivity contribution is 6.13. The summed E-state index contributed by atoms with van der Waals surface area (Å²) < 4.78 is 15.6. The molecule has 0 bridgehead atoms. The van der Waals surface area contributed by atoms with E-state index in [0.29, 0.717) is 17.5 Å². The molecule has 0 aliphatic heterocycles. The third-order valence-electron chi connectivity index (χ3n) is 14.7. The van der Waals surface area contributed by atoms with Gasteiger partial charge < -0.3 is 13.4 Å². The molecular weight excluding hydrogens is 917 g/mol. The molecule has 0 saturated carbocycles. The predicted molar refractivity (Wildman–Crippen MR) is 307 cm³/mol. The third-order valence-corrected chi connectivity index (χ3v) is 14.7. The topological polar surface area (TPSA) is 69.9 Å². The van der Waals surface area contributed by atoms with Gasteiger partial charge >= 0.3 is 0 Å². The van der Waals surface area contributed by atoms with Crippen molar-refractivity contribution >= 4 is 65.7 Å². The highest BCUT2D eigenvalue weighted by atomic mass is 16.3. The van der Waals surface area contributed by atoms with E-state index in [4.69, 9.17) is 23.8 Å². The summed E-state index contributed by atoms with van der Waals surface area (Å²) in [6.45, 7) is 0. The molecule has 4 aromatic heterocycles. The second kappa shape index (κ2) is 17.3. The first-order valence-electron chi connectivity index (χ1n) is 25.2. The summed E-state index contributed by atoms with van der Waals surface area (Å²) in [5.74, 6) is 1.74.